The Morgan fingerprint density at radius 2 is 1.68 bits per heavy atom. The van der Waals surface area contributed by atoms with Crippen LogP contribution >= 0.6 is 0 Å². The van der Waals surface area contributed by atoms with Crippen LogP contribution in [0.4, 0.5) is 5.69 Å². The number of amides is 1. The molecular weight excluding hydrogens is 424 g/mol. The van der Waals surface area contributed by atoms with Gasteiger partial charge < -0.3 is 14.5 Å². The Morgan fingerprint density at radius 3 is 2.44 bits per heavy atom. The molecule has 0 aliphatic carbocycles. The lowest BCUT2D eigenvalue weighted by Gasteiger charge is -2.08. The third kappa shape index (κ3) is 4.69. The Balaban J connectivity index is 1.27. The number of carbonyl (C=O) groups excluding carboxylic acids is 1. The average molecular weight is 449 g/mol. The molecule has 0 atom stereocenters. The van der Waals surface area contributed by atoms with Crippen molar-refractivity contribution in [2.75, 3.05) is 5.32 Å². The van der Waals surface area contributed by atoms with Crippen molar-refractivity contribution < 1.29 is 13.9 Å². The SMILES string of the molecule is Cc1ccc(-c2nc3cc(NC(=O)c4ccc(COc5ccccc5)cc4)ccc3o2)cc1C. The van der Waals surface area contributed by atoms with Gasteiger partial charge in [-0.3, -0.25) is 4.79 Å². The van der Waals surface area contributed by atoms with E-state index in [-0.39, 0.29) is 5.91 Å². The number of ether oxygens (including phenoxy) is 1. The number of hydrogen-bond donors (Lipinski definition) is 1. The first kappa shape index (κ1) is 21.5. The topological polar surface area (TPSA) is 64.4 Å². The van der Waals surface area contributed by atoms with Gasteiger partial charge in [0.2, 0.25) is 5.89 Å². The minimum Gasteiger partial charge on any atom is -0.489 e. The van der Waals surface area contributed by atoms with E-state index in [4.69, 9.17) is 9.15 Å². The van der Waals surface area contributed by atoms with Crippen molar-refractivity contribution >= 4 is 22.7 Å². The van der Waals surface area contributed by atoms with Gasteiger partial charge in [-0.05, 0) is 85.1 Å². The molecule has 0 spiro atoms. The van der Waals surface area contributed by atoms with Crippen LogP contribution < -0.4 is 10.1 Å². The second-order valence-corrected chi connectivity index (χ2v) is 8.25. The summed E-state index contributed by atoms with van der Waals surface area (Å²) in [4.78, 5) is 17.4. The zero-order chi connectivity index (χ0) is 23.5. The first-order valence-corrected chi connectivity index (χ1v) is 11.1. The maximum absolute atomic E-state index is 12.8. The van der Waals surface area contributed by atoms with Crippen LogP contribution in [0, 0.1) is 13.8 Å². The number of oxazole rings is 1. The molecule has 4 aromatic carbocycles. The summed E-state index contributed by atoms with van der Waals surface area (Å²) in [6, 6.07) is 28.6. The molecule has 0 radical (unpaired) electrons. The molecular formula is C29H24N2O3. The van der Waals surface area contributed by atoms with Crippen molar-refractivity contribution in [3.8, 4) is 17.2 Å². The fraction of sp³-hybridized carbons (Fsp3) is 0.103. The quantitative estimate of drug-likeness (QED) is 0.305. The summed E-state index contributed by atoms with van der Waals surface area (Å²) in [5.74, 6) is 1.19. The first-order chi connectivity index (χ1) is 16.5. The van der Waals surface area contributed by atoms with E-state index in [2.05, 4.69) is 36.3 Å². The van der Waals surface area contributed by atoms with Gasteiger partial charge in [0.25, 0.3) is 5.91 Å². The number of benzene rings is 4. The van der Waals surface area contributed by atoms with Crippen molar-refractivity contribution in [2.45, 2.75) is 20.5 Å². The van der Waals surface area contributed by atoms with Gasteiger partial charge in [-0.15, -0.1) is 0 Å². The zero-order valence-electron chi connectivity index (χ0n) is 19.0. The Morgan fingerprint density at radius 1 is 0.882 bits per heavy atom. The van der Waals surface area contributed by atoms with Gasteiger partial charge in [0.05, 0.1) is 0 Å². The van der Waals surface area contributed by atoms with E-state index in [1.165, 1.54) is 11.1 Å². The van der Waals surface area contributed by atoms with Crippen LogP contribution in [0.25, 0.3) is 22.6 Å². The van der Waals surface area contributed by atoms with Gasteiger partial charge in [-0.25, -0.2) is 4.98 Å². The number of anilines is 1. The number of aryl methyl sites for hydroxylation is 2. The molecule has 1 amide bonds. The van der Waals surface area contributed by atoms with Gasteiger partial charge in [-0.1, -0.05) is 36.4 Å². The molecule has 0 aliphatic rings. The summed E-state index contributed by atoms with van der Waals surface area (Å²) in [6.07, 6.45) is 0. The fourth-order valence-electron chi connectivity index (χ4n) is 3.64. The van der Waals surface area contributed by atoms with E-state index in [1.807, 2.05) is 66.7 Å². The molecule has 168 valence electrons. The van der Waals surface area contributed by atoms with Gasteiger partial charge in [-0.2, -0.15) is 0 Å². The van der Waals surface area contributed by atoms with Crippen molar-refractivity contribution in [3.05, 3.63) is 113 Å². The molecule has 0 unspecified atom stereocenters. The molecule has 1 aromatic heterocycles. The summed E-state index contributed by atoms with van der Waals surface area (Å²) in [5, 5.41) is 2.94. The van der Waals surface area contributed by atoms with Crippen LogP contribution in [-0.2, 0) is 6.61 Å². The Bertz CT molecular complexity index is 1450. The van der Waals surface area contributed by atoms with Gasteiger partial charge in [0.15, 0.2) is 5.58 Å². The fourth-order valence-corrected chi connectivity index (χ4v) is 3.64. The summed E-state index contributed by atoms with van der Waals surface area (Å²) in [5.41, 5.74) is 6.93. The predicted octanol–water partition coefficient (Wildman–Crippen LogP) is 6.94. The molecule has 34 heavy (non-hydrogen) atoms. The van der Waals surface area contributed by atoms with Crippen LogP contribution in [0.15, 0.2) is 95.4 Å². The molecule has 0 saturated heterocycles. The minimum absolute atomic E-state index is 0.187. The van der Waals surface area contributed by atoms with Crippen LogP contribution in [0.1, 0.15) is 27.0 Å². The molecule has 5 rings (SSSR count). The molecule has 5 nitrogen and oxygen atoms in total. The number of rotatable bonds is 6. The Labute approximate surface area is 198 Å². The first-order valence-electron chi connectivity index (χ1n) is 11.1. The third-order valence-corrected chi connectivity index (χ3v) is 5.76. The third-order valence-electron chi connectivity index (χ3n) is 5.76. The summed E-state index contributed by atoms with van der Waals surface area (Å²) in [6.45, 7) is 4.59. The summed E-state index contributed by atoms with van der Waals surface area (Å²) >= 11 is 0. The molecule has 1 heterocycles. The lowest BCUT2D eigenvalue weighted by atomic mass is 10.1. The maximum Gasteiger partial charge on any atom is 0.255 e. The van der Waals surface area contributed by atoms with Crippen LogP contribution in [0.5, 0.6) is 5.75 Å². The van der Waals surface area contributed by atoms with Crippen molar-refractivity contribution in [1.82, 2.24) is 4.98 Å². The largest absolute Gasteiger partial charge is 0.489 e. The van der Waals surface area contributed by atoms with E-state index in [9.17, 15) is 4.79 Å². The van der Waals surface area contributed by atoms with E-state index >= 15 is 0 Å². The highest BCUT2D eigenvalue weighted by molar-refractivity contribution is 6.05. The van der Waals surface area contributed by atoms with Crippen LogP contribution in [0.2, 0.25) is 0 Å². The van der Waals surface area contributed by atoms with Gasteiger partial charge in [0.1, 0.15) is 17.9 Å². The van der Waals surface area contributed by atoms with E-state index in [1.54, 1.807) is 12.1 Å². The van der Waals surface area contributed by atoms with E-state index in [0.29, 0.717) is 34.8 Å². The molecule has 0 saturated carbocycles. The average Bonchev–Trinajstić information content (AvgIpc) is 3.29. The lowest BCUT2D eigenvalue weighted by molar-refractivity contribution is 0.102. The normalized spacial score (nSPS) is 10.9. The molecule has 0 aliphatic heterocycles. The Kier molecular flexibility index (Phi) is 5.83. The number of para-hydroxylation sites is 1. The smallest absolute Gasteiger partial charge is 0.255 e. The van der Waals surface area contributed by atoms with Crippen molar-refractivity contribution in [1.29, 1.82) is 0 Å². The highest BCUT2D eigenvalue weighted by atomic mass is 16.5. The second kappa shape index (κ2) is 9.24. The van der Waals surface area contributed by atoms with Crippen LogP contribution in [0.3, 0.4) is 0 Å². The molecule has 0 fully saturated rings. The monoisotopic (exact) mass is 448 g/mol. The number of nitrogens with zero attached hydrogens (tertiary/aromatic N) is 1. The van der Waals surface area contributed by atoms with Crippen molar-refractivity contribution in [2.24, 2.45) is 0 Å². The molecule has 1 N–H and O–H groups in total. The zero-order valence-corrected chi connectivity index (χ0v) is 19.0. The van der Waals surface area contributed by atoms with E-state index in [0.717, 1.165) is 16.9 Å². The number of aromatic nitrogens is 1. The highest BCUT2D eigenvalue weighted by Crippen LogP contribution is 2.27. The standard InChI is InChI=1S/C29H24N2O3/c1-19-8-11-23(16-20(19)2)29-31-26-17-24(14-15-27(26)34-29)30-28(32)22-12-9-21(10-13-22)18-33-25-6-4-3-5-7-25/h3-17H,18H2,1-2H3,(H,30,32). The molecule has 0 bridgehead atoms. The van der Waals surface area contributed by atoms with E-state index < -0.39 is 0 Å². The maximum atomic E-state index is 12.8. The second-order valence-electron chi connectivity index (χ2n) is 8.25. The number of fused-ring (bicyclic) bond motifs is 1. The highest BCUT2D eigenvalue weighted by Gasteiger charge is 2.12. The summed E-state index contributed by atoms with van der Waals surface area (Å²) in [7, 11) is 0. The lowest BCUT2D eigenvalue weighted by Crippen LogP contribution is -2.11. The number of nitrogens with one attached hydrogen (secondary N) is 1. The predicted molar refractivity (Wildman–Crippen MR) is 134 cm³/mol. The molecule has 5 aromatic rings. The van der Waals surface area contributed by atoms with Gasteiger partial charge >= 0.3 is 0 Å². The number of carbonyl (C=O) groups is 1. The number of hydrogen-bond acceptors (Lipinski definition) is 4. The minimum atomic E-state index is -0.187. The Hall–Kier alpha value is -4.38. The molecule has 5 heteroatoms. The van der Waals surface area contributed by atoms with Crippen molar-refractivity contribution in [3.63, 3.8) is 0 Å². The summed E-state index contributed by atoms with van der Waals surface area (Å²) < 4.78 is 11.7. The van der Waals surface area contributed by atoms with Crippen LogP contribution in [-0.4, -0.2) is 10.9 Å². The van der Waals surface area contributed by atoms with Gasteiger partial charge in [0, 0.05) is 16.8 Å².